The fraction of sp³-hybridized carbons (Fsp3) is 0.769. The molecule has 0 bridgehead atoms. The molecule has 0 radical (unpaired) electrons. The van der Waals surface area contributed by atoms with Crippen LogP contribution < -0.4 is 5.32 Å². The topological polar surface area (TPSA) is 63.1 Å². The Bertz CT molecular complexity index is 397. The van der Waals surface area contributed by atoms with Crippen molar-refractivity contribution >= 4 is 5.91 Å². The summed E-state index contributed by atoms with van der Waals surface area (Å²) in [6.45, 7) is 1.87. The SMILES string of the molecule is CNC1CCC(N(C)C(=O)C(C)n2cncn2)CC1. The Labute approximate surface area is 114 Å². The lowest BCUT2D eigenvalue weighted by Crippen LogP contribution is -2.44. The molecule has 1 aromatic heterocycles. The molecule has 1 aliphatic rings. The summed E-state index contributed by atoms with van der Waals surface area (Å²) in [6, 6.07) is 0.671. The van der Waals surface area contributed by atoms with Gasteiger partial charge in [0.25, 0.3) is 0 Å². The third-order valence-electron chi connectivity index (χ3n) is 4.19. The van der Waals surface area contributed by atoms with Crippen LogP contribution in [0, 0.1) is 0 Å². The molecule has 1 amide bonds. The van der Waals surface area contributed by atoms with E-state index < -0.39 is 0 Å². The van der Waals surface area contributed by atoms with Crippen molar-refractivity contribution in [2.24, 2.45) is 0 Å². The number of amides is 1. The predicted molar refractivity (Wildman–Crippen MR) is 72.6 cm³/mol. The number of hydrogen-bond donors (Lipinski definition) is 1. The van der Waals surface area contributed by atoms with Crippen molar-refractivity contribution in [2.75, 3.05) is 14.1 Å². The van der Waals surface area contributed by atoms with Crippen molar-refractivity contribution in [3.63, 3.8) is 0 Å². The molecule has 2 rings (SSSR count). The zero-order chi connectivity index (χ0) is 13.8. The van der Waals surface area contributed by atoms with Gasteiger partial charge in [-0.3, -0.25) is 4.79 Å². The molecule has 6 heteroatoms. The minimum atomic E-state index is -0.283. The Hall–Kier alpha value is -1.43. The van der Waals surface area contributed by atoms with E-state index in [1.165, 1.54) is 6.33 Å². The number of hydrogen-bond acceptors (Lipinski definition) is 4. The van der Waals surface area contributed by atoms with Crippen LogP contribution >= 0.6 is 0 Å². The highest BCUT2D eigenvalue weighted by Gasteiger charge is 2.28. The molecule has 0 aliphatic heterocycles. The third kappa shape index (κ3) is 3.12. The van der Waals surface area contributed by atoms with Crippen molar-refractivity contribution in [1.29, 1.82) is 0 Å². The van der Waals surface area contributed by atoms with Crippen LogP contribution in [-0.2, 0) is 4.79 Å². The smallest absolute Gasteiger partial charge is 0.247 e. The molecule has 6 nitrogen and oxygen atoms in total. The summed E-state index contributed by atoms with van der Waals surface area (Å²) < 4.78 is 1.61. The van der Waals surface area contributed by atoms with E-state index in [2.05, 4.69) is 15.4 Å². The molecule has 1 aliphatic carbocycles. The van der Waals surface area contributed by atoms with E-state index in [4.69, 9.17) is 0 Å². The molecule has 106 valence electrons. The lowest BCUT2D eigenvalue weighted by atomic mass is 9.90. The van der Waals surface area contributed by atoms with Crippen molar-refractivity contribution in [1.82, 2.24) is 25.0 Å². The molecule has 0 saturated heterocycles. The first-order chi connectivity index (χ1) is 9.13. The van der Waals surface area contributed by atoms with Crippen LogP contribution in [0.15, 0.2) is 12.7 Å². The highest BCUT2D eigenvalue weighted by molar-refractivity contribution is 5.80. The van der Waals surface area contributed by atoms with Gasteiger partial charge < -0.3 is 10.2 Å². The first kappa shape index (κ1) is 14.0. The van der Waals surface area contributed by atoms with Crippen LogP contribution in [0.25, 0.3) is 0 Å². The molecule has 1 unspecified atom stereocenters. The summed E-state index contributed by atoms with van der Waals surface area (Å²) >= 11 is 0. The monoisotopic (exact) mass is 265 g/mol. The summed E-state index contributed by atoms with van der Waals surface area (Å²) in [7, 11) is 3.91. The van der Waals surface area contributed by atoms with E-state index in [1.54, 1.807) is 11.0 Å². The van der Waals surface area contributed by atoms with Gasteiger partial charge in [-0.25, -0.2) is 9.67 Å². The summed E-state index contributed by atoms with van der Waals surface area (Å²) in [5, 5.41) is 7.35. The van der Waals surface area contributed by atoms with Crippen molar-refractivity contribution in [3.05, 3.63) is 12.7 Å². The van der Waals surface area contributed by atoms with E-state index in [-0.39, 0.29) is 11.9 Å². The maximum absolute atomic E-state index is 12.4. The highest BCUT2D eigenvalue weighted by Crippen LogP contribution is 2.23. The average molecular weight is 265 g/mol. The van der Waals surface area contributed by atoms with Crippen LogP contribution in [0.2, 0.25) is 0 Å². The molecule has 19 heavy (non-hydrogen) atoms. The Balaban J connectivity index is 1.92. The number of nitrogens with zero attached hydrogens (tertiary/aromatic N) is 4. The minimum absolute atomic E-state index is 0.110. The molecular weight excluding hydrogens is 242 g/mol. The van der Waals surface area contributed by atoms with Crippen LogP contribution in [0.4, 0.5) is 0 Å². The lowest BCUT2D eigenvalue weighted by Gasteiger charge is -2.35. The van der Waals surface area contributed by atoms with Gasteiger partial charge in [-0.05, 0) is 39.7 Å². The first-order valence-corrected chi connectivity index (χ1v) is 6.91. The van der Waals surface area contributed by atoms with Gasteiger partial charge in [0.15, 0.2) is 0 Å². The Morgan fingerprint density at radius 1 is 1.42 bits per heavy atom. The largest absolute Gasteiger partial charge is 0.341 e. The average Bonchev–Trinajstić information content (AvgIpc) is 2.99. The molecule has 1 saturated carbocycles. The van der Waals surface area contributed by atoms with Crippen LogP contribution in [-0.4, -0.2) is 51.8 Å². The van der Waals surface area contributed by atoms with Gasteiger partial charge in [0.1, 0.15) is 18.7 Å². The second-order valence-corrected chi connectivity index (χ2v) is 5.29. The fourth-order valence-corrected chi connectivity index (χ4v) is 2.76. The maximum Gasteiger partial charge on any atom is 0.247 e. The standard InChI is InChI=1S/C13H23N5O/c1-10(18-9-15-8-16-18)13(19)17(3)12-6-4-11(14-2)5-7-12/h8-12,14H,4-7H2,1-3H3. The van der Waals surface area contributed by atoms with E-state index in [9.17, 15) is 4.79 Å². The Morgan fingerprint density at radius 3 is 2.63 bits per heavy atom. The number of carbonyl (C=O) groups excluding carboxylic acids is 1. The van der Waals surface area contributed by atoms with E-state index in [1.807, 2.05) is 25.9 Å². The lowest BCUT2D eigenvalue weighted by molar-refractivity contribution is -0.136. The van der Waals surface area contributed by atoms with E-state index >= 15 is 0 Å². The highest BCUT2D eigenvalue weighted by atomic mass is 16.2. The number of nitrogens with one attached hydrogen (secondary N) is 1. The molecule has 0 aromatic carbocycles. The summed E-state index contributed by atoms with van der Waals surface area (Å²) in [6.07, 6.45) is 7.46. The molecule has 0 spiro atoms. The van der Waals surface area contributed by atoms with E-state index in [0.29, 0.717) is 12.1 Å². The molecule has 1 N–H and O–H groups in total. The zero-order valence-corrected chi connectivity index (χ0v) is 11.9. The quantitative estimate of drug-likeness (QED) is 0.876. The van der Waals surface area contributed by atoms with Gasteiger partial charge in [0, 0.05) is 19.1 Å². The first-order valence-electron chi connectivity index (χ1n) is 6.91. The normalized spacial score (nSPS) is 25.0. The molecule has 1 heterocycles. The van der Waals surface area contributed by atoms with Crippen molar-refractivity contribution < 1.29 is 4.79 Å². The summed E-state index contributed by atoms with van der Waals surface area (Å²) in [5.74, 6) is 0.110. The van der Waals surface area contributed by atoms with Gasteiger partial charge in [0.05, 0.1) is 0 Å². The van der Waals surface area contributed by atoms with Gasteiger partial charge in [-0.15, -0.1) is 0 Å². The maximum atomic E-state index is 12.4. The minimum Gasteiger partial charge on any atom is -0.341 e. The number of aromatic nitrogens is 3. The molecular formula is C13H23N5O. The third-order valence-corrected chi connectivity index (χ3v) is 4.19. The Kier molecular flexibility index (Phi) is 4.52. The Morgan fingerprint density at radius 2 is 2.11 bits per heavy atom. The number of likely N-dealkylation sites (N-methyl/N-ethyl adjacent to an activating group) is 1. The fourth-order valence-electron chi connectivity index (χ4n) is 2.76. The number of carbonyl (C=O) groups is 1. The van der Waals surface area contributed by atoms with Gasteiger partial charge >= 0.3 is 0 Å². The van der Waals surface area contributed by atoms with Gasteiger partial charge in [-0.2, -0.15) is 5.10 Å². The van der Waals surface area contributed by atoms with E-state index in [0.717, 1.165) is 25.7 Å². The molecule has 1 fully saturated rings. The van der Waals surface area contributed by atoms with Gasteiger partial charge in [0.2, 0.25) is 5.91 Å². The second-order valence-electron chi connectivity index (χ2n) is 5.29. The second kappa shape index (κ2) is 6.14. The summed E-state index contributed by atoms with van der Waals surface area (Å²) in [4.78, 5) is 18.2. The molecule has 1 atom stereocenters. The van der Waals surface area contributed by atoms with Crippen molar-refractivity contribution in [3.8, 4) is 0 Å². The molecule has 1 aromatic rings. The van der Waals surface area contributed by atoms with Gasteiger partial charge in [-0.1, -0.05) is 0 Å². The predicted octanol–water partition coefficient (Wildman–Crippen LogP) is 0.828. The number of rotatable bonds is 4. The van der Waals surface area contributed by atoms with Crippen molar-refractivity contribution in [2.45, 2.75) is 50.7 Å². The summed E-state index contributed by atoms with van der Waals surface area (Å²) in [5.41, 5.74) is 0. The van der Waals surface area contributed by atoms with Crippen LogP contribution in [0.3, 0.4) is 0 Å². The zero-order valence-electron chi connectivity index (χ0n) is 11.9. The van der Waals surface area contributed by atoms with Crippen LogP contribution in [0.5, 0.6) is 0 Å². The van der Waals surface area contributed by atoms with Crippen LogP contribution in [0.1, 0.15) is 38.6 Å².